The van der Waals surface area contributed by atoms with Crippen molar-refractivity contribution < 1.29 is 0 Å². The van der Waals surface area contributed by atoms with Gasteiger partial charge in [-0.3, -0.25) is 14.3 Å². The van der Waals surface area contributed by atoms with Gasteiger partial charge in [0.05, 0.1) is 0 Å². The number of thiophene rings is 1. The molecule has 0 N–H and O–H groups in total. The molecule has 5 nitrogen and oxygen atoms in total. The normalized spacial score (nSPS) is 21.8. The molecule has 1 saturated heterocycles. The van der Waals surface area contributed by atoms with E-state index in [-0.39, 0.29) is 11.0 Å². The van der Waals surface area contributed by atoms with Crippen molar-refractivity contribution in [2.45, 2.75) is 38.3 Å². The van der Waals surface area contributed by atoms with E-state index >= 15 is 0 Å². The van der Waals surface area contributed by atoms with Crippen LogP contribution in [-0.2, 0) is 18.5 Å². The van der Waals surface area contributed by atoms with E-state index in [1.807, 2.05) is 46.2 Å². The lowest BCUT2D eigenvalue weighted by Crippen LogP contribution is -2.33. The molecule has 3 aromatic rings. The summed E-state index contributed by atoms with van der Waals surface area (Å²) in [5, 5.41) is 8.92. The van der Waals surface area contributed by atoms with E-state index in [0.29, 0.717) is 5.69 Å². The fraction of sp³-hybridized carbons (Fsp3) is 0.381. The lowest BCUT2D eigenvalue weighted by Gasteiger charge is -2.22. The van der Waals surface area contributed by atoms with Crippen LogP contribution >= 0.6 is 11.3 Å². The first kappa shape index (κ1) is 16.8. The standard InChI is InChI=1S/C21H22N4OS/c1-15-7-8-17(27-15)13-24-11-9-21(14-24)10-12-25-19(26)18(22-23-20(21)25)16-5-3-2-4-6-16/h2-8H,9-14H2,1H3/t21-/m0/s1. The first-order chi connectivity index (χ1) is 13.1. The SMILES string of the molecule is Cc1ccc(CN2CC[C@]3(CCn4c3nnc(-c3ccccc3)c4=O)C2)s1. The van der Waals surface area contributed by atoms with Crippen LogP contribution in [0.15, 0.2) is 47.3 Å². The van der Waals surface area contributed by atoms with E-state index in [0.717, 1.165) is 50.4 Å². The van der Waals surface area contributed by atoms with Crippen molar-refractivity contribution in [1.29, 1.82) is 0 Å². The molecule has 0 amide bonds. The van der Waals surface area contributed by atoms with Gasteiger partial charge in [0.25, 0.3) is 5.56 Å². The zero-order valence-electron chi connectivity index (χ0n) is 15.4. The average Bonchev–Trinajstić information content (AvgIpc) is 3.38. The van der Waals surface area contributed by atoms with Crippen molar-refractivity contribution in [3.8, 4) is 11.3 Å². The van der Waals surface area contributed by atoms with Crippen LogP contribution in [-0.4, -0.2) is 32.8 Å². The maximum absolute atomic E-state index is 13.0. The molecule has 2 aliphatic rings. The first-order valence-corrected chi connectivity index (χ1v) is 10.3. The highest BCUT2D eigenvalue weighted by Crippen LogP contribution is 2.41. The van der Waals surface area contributed by atoms with E-state index in [1.54, 1.807) is 0 Å². The van der Waals surface area contributed by atoms with E-state index in [2.05, 4.69) is 34.2 Å². The van der Waals surface area contributed by atoms with E-state index in [4.69, 9.17) is 0 Å². The van der Waals surface area contributed by atoms with Gasteiger partial charge in [0.2, 0.25) is 0 Å². The number of hydrogen-bond donors (Lipinski definition) is 0. The molecule has 0 unspecified atom stereocenters. The molecule has 2 aliphatic heterocycles. The van der Waals surface area contributed by atoms with Crippen molar-refractivity contribution in [2.24, 2.45) is 0 Å². The highest BCUT2D eigenvalue weighted by atomic mass is 32.1. The number of aryl methyl sites for hydroxylation is 1. The Morgan fingerprint density at radius 1 is 1.07 bits per heavy atom. The molecule has 0 radical (unpaired) electrons. The molecule has 0 aliphatic carbocycles. The second-order valence-corrected chi connectivity index (χ2v) is 9.07. The number of likely N-dealkylation sites (tertiary alicyclic amines) is 1. The van der Waals surface area contributed by atoms with Crippen molar-refractivity contribution in [3.05, 3.63) is 68.4 Å². The van der Waals surface area contributed by atoms with Crippen LogP contribution in [0.5, 0.6) is 0 Å². The third-order valence-corrected chi connectivity index (χ3v) is 6.88. The van der Waals surface area contributed by atoms with Crippen molar-refractivity contribution >= 4 is 11.3 Å². The minimum absolute atomic E-state index is 0.00425. The van der Waals surface area contributed by atoms with Gasteiger partial charge in [-0.15, -0.1) is 21.5 Å². The van der Waals surface area contributed by atoms with Crippen molar-refractivity contribution in [3.63, 3.8) is 0 Å². The fourth-order valence-electron chi connectivity index (χ4n) is 4.50. The molecular weight excluding hydrogens is 356 g/mol. The van der Waals surface area contributed by atoms with Gasteiger partial charge >= 0.3 is 0 Å². The van der Waals surface area contributed by atoms with Gasteiger partial charge < -0.3 is 0 Å². The van der Waals surface area contributed by atoms with Crippen LogP contribution in [0.3, 0.4) is 0 Å². The van der Waals surface area contributed by atoms with Gasteiger partial charge in [0.15, 0.2) is 5.69 Å². The molecule has 1 aromatic carbocycles. The molecule has 138 valence electrons. The summed E-state index contributed by atoms with van der Waals surface area (Å²) in [5.41, 5.74) is 1.27. The van der Waals surface area contributed by atoms with Crippen LogP contribution < -0.4 is 5.56 Å². The van der Waals surface area contributed by atoms with Crippen molar-refractivity contribution in [1.82, 2.24) is 19.7 Å². The Bertz CT molecular complexity index is 1040. The maximum atomic E-state index is 13.0. The predicted molar refractivity (Wildman–Crippen MR) is 107 cm³/mol. The lowest BCUT2D eigenvalue weighted by atomic mass is 9.85. The van der Waals surface area contributed by atoms with Crippen LogP contribution in [0, 0.1) is 6.92 Å². The van der Waals surface area contributed by atoms with Gasteiger partial charge in [-0.25, -0.2) is 0 Å². The summed E-state index contributed by atoms with van der Waals surface area (Å²) >= 11 is 1.87. The minimum Gasteiger partial charge on any atom is -0.297 e. The Morgan fingerprint density at radius 2 is 1.89 bits per heavy atom. The monoisotopic (exact) mass is 378 g/mol. The Balaban J connectivity index is 1.43. The average molecular weight is 379 g/mol. The lowest BCUT2D eigenvalue weighted by molar-refractivity contribution is 0.301. The van der Waals surface area contributed by atoms with Gasteiger partial charge in [-0.2, -0.15) is 0 Å². The largest absolute Gasteiger partial charge is 0.297 e. The van der Waals surface area contributed by atoms with E-state index in [9.17, 15) is 4.79 Å². The summed E-state index contributed by atoms with van der Waals surface area (Å²) in [4.78, 5) is 18.3. The number of aromatic nitrogens is 3. The second-order valence-electron chi connectivity index (χ2n) is 7.70. The molecule has 0 bridgehead atoms. The van der Waals surface area contributed by atoms with Gasteiger partial charge in [-0.1, -0.05) is 30.3 Å². The van der Waals surface area contributed by atoms with Crippen LogP contribution in [0.1, 0.15) is 28.4 Å². The first-order valence-electron chi connectivity index (χ1n) is 9.46. The fourth-order valence-corrected chi connectivity index (χ4v) is 5.44. The number of benzene rings is 1. The smallest absolute Gasteiger partial charge is 0.280 e. The minimum atomic E-state index is -0.0202. The summed E-state index contributed by atoms with van der Waals surface area (Å²) in [6, 6.07) is 14.1. The third kappa shape index (κ3) is 2.84. The number of fused-ring (bicyclic) bond motifs is 2. The Morgan fingerprint density at radius 3 is 2.67 bits per heavy atom. The highest BCUT2D eigenvalue weighted by molar-refractivity contribution is 7.11. The quantitative estimate of drug-likeness (QED) is 0.702. The van der Waals surface area contributed by atoms with Gasteiger partial charge in [0.1, 0.15) is 5.82 Å². The number of nitrogens with zero attached hydrogens (tertiary/aromatic N) is 4. The summed E-state index contributed by atoms with van der Waals surface area (Å²) in [6.07, 6.45) is 2.03. The molecule has 6 heteroatoms. The second kappa shape index (κ2) is 6.39. The van der Waals surface area contributed by atoms with Crippen molar-refractivity contribution in [2.75, 3.05) is 13.1 Å². The maximum Gasteiger partial charge on any atom is 0.280 e. The molecular formula is C21H22N4OS. The summed E-state index contributed by atoms with van der Waals surface area (Å²) in [5.74, 6) is 0.886. The predicted octanol–water partition coefficient (Wildman–Crippen LogP) is 3.22. The molecule has 1 atom stereocenters. The molecule has 4 heterocycles. The zero-order chi connectivity index (χ0) is 18.4. The van der Waals surface area contributed by atoms with Crippen LogP contribution in [0.25, 0.3) is 11.3 Å². The Kier molecular flexibility index (Phi) is 3.98. The molecule has 2 aromatic heterocycles. The topological polar surface area (TPSA) is 51.0 Å². The van der Waals surface area contributed by atoms with E-state index in [1.165, 1.54) is 9.75 Å². The van der Waals surface area contributed by atoms with Gasteiger partial charge in [0, 0.05) is 40.4 Å². The zero-order valence-corrected chi connectivity index (χ0v) is 16.2. The van der Waals surface area contributed by atoms with Crippen LogP contribution in [0.4, 0.5) is 0 Å². The Hall–Kier alpha value is -2.31. The number of rotatable bonds is 3. The summed E-state index contributed by atoms with van der Waals surface area (Å²) in [7, 11) is 0. The molecule has 1 fully saturated rings. The molecule has 1 spiro atoms. The molecule has 0 saturated carbocycles. The molecule has 5 rings (SSSR count). The molecule has 27 heavy (non-hydrogen) atoms. The Labute approximate surface area is 162 Å². The summed E-state index contributed by atoms with van der Waals surface area (Å²) < 4.78 is 1.87. The summed E-state index contributed by atoms with van der Waals surface area (Å²) in [6.45, 7) is 5.89. The third-order valence-electron chi connectivity index (χ3n) is 5.89. The highest BCUT2D eigenvalue weighted by Gasteiger charge is 2.46. The van der Waals surface area contributed by atoms with Gasteiger partial charge in [-0.05, 0) is 38.4 Å². The van der Waals surface area contributed by atoms with Crippen LogP contribution in [0.2, 0.25) is 0 Å². The van der Waals surface area contributed by atoms with E-state index < -0.39 is 0 Å². The number of hydrogen-bond acceptors (Lipinski definition) is 5.